The maximum Gasteiger partial charge on any atom is 0.255 e. The Labute approximate surface area is 143 Å². The number of Topliss-reactive ketones (excluding diaryl/α,β-unsaturated/α-hetero) is 1. The summed E-state index contributed by atoms with van der Waals surface area (Å²) in [5.41, 5.74) is 2.45. The molecule has 0 saturated carbocycles. The van der Waals surface area contributed by atoms with Crippen molar-refractivity contribution in [3.8, 4) is 0 Å². The normalized spacial score (nSPS) is 21.4. The number of rotatable bonds is 2. The second-order valence-corrected chi connectivity index (χ2v) is 6.10. The molecule has 3 heterocycles. The van der Waals surface area contributed by atoms with Crippen molar-refractivity contribution in [1.82, 2.24) is 10.3 Å². The zero-order valence-corrected chi connectivity index (χ0v) is 13.3. The largest absolute Gasteiger partial charge is 0.373 e. The molecule has 0 radical (unpaired) electrons. The topological polar surface area (TPSA) is 100 Å². The van der Waals surface area contributed by atoms with Gasteiger partial charge in [-0.15, -0.1) is 0 Å². The molecule has 25 heavy (non-hydrogen) atoms. The van der Waals surface area contributed by atoms with Gasteiger partial charge in [-0.25, -0.2) is 0 Å². The number of amides is 2. The number of hydrogen-bond acceptors (Lipinski definition) is 5. The molecular weight excluding hydrogens is 320 g/mol. The van der Waals surface area contributed by atoms with E-state index in [-0.39, 0.29) is 17.6 Å². The van der Waals surface area contributed by atoms with E-state index in [9.17, 15) is 14.4 Å². The molecule has 2 amide bonds. The van der Waals surface area contributed by atoms with Gasteiger partial charge in [0.25, 0.3) is 5.91 Å². The number of fused-ring (bicyclic) bond motifs is 3. The van der Waals surface area contributed by atoms with E-state index in [1.165, 1.54) is 0 Å². The number of aromatic nitrogens is 1. The van der Waals surface area contributed by atoms with Gasteiger partial charge < -0.3 is 16.0 Å². The number of carbonyl (C=O) groups is 3. The lowest BCUT2D eigenvalue weighted by atomic mass is 9.89. The van der Waals surface area contributed by atoms with Gasteiger partial charge in [0.2, 0.25) is 5.91 Å². The van der Waals surface area contributed by atoms with Gasteiger partial charge in [0.1, 0.15) is 11.8 Å². The van der Waals surface area contributed by atoms with Gasteiger partial charge in [0, 0.05) is 30.4 Å². The molecule has 4 rings (SSSR count). The summed E-state index contributed by atoms with van der Waals surface area (Å²) in [6.07, 6.45) is 3.47. The predicted molar refractivity (Wildman–Crippen MR) is 91.4 cm³/mol. The van der Waals surface area contributed by atoms with Crippen LogP contribution >= 0.6 is 0 Å². The van der Waals surface area contributed by atoms with Gasteiger partial charge in [0.15, 0.2) is 0 Å². The number of benzene rings is 1. The molecule has 2 unspecified atom stereocenters. The zero-order valence-electron chi connectivity index (χ0n) is 13.3. The Kier molecular flexibility index (Phi) is 3.68. The summed E-state index contributed by atoms with van der Waals surface area (Å²) < 4.78 is 0. The van der Waals surface area contributed by atoms with Crippen LogP contribution in [0.4, 0.5) is 11.4 Å². The average Bonchev–Trinajstić information content (AvgIpc) is 2.94. The second-order valence-electron chi connectivity index (χ2n) is 6.10. The van der Waals surface area contributed by atoms with Gasteiger partial charge in [-0.2, -0.15) is 0 Å². The Morgan fingerprint density at radius 1 is 1.24 bits per heavy atom. The molecule has 2 atom stereocenters. The monoisotopic (exact) mass is 336 g/mol. The fourth-order valence-corrected chi connectivity index (χ4v) is 3.31. The van der Waals surface area contributed by atoms with Crippen LogP contribution in [0.15, 0.2) is 42.7 Å². The van der Waals surface area contributed by atoms with Crippen LogP contribution < -0.4 is 16.0 Å². The van der Waals surface area contributed by atoms with Crippen LogP contribution in [0.5, 0.6) is 0 Å². The van der Waals surface area contributed by atoms with E-state index in [4.69, 9.17) is 0 Å². The van der Waals surface area contributed by atoms with Crippen LogP contribution in [-0.4, -0.2) is 35.2 Å². The number of ketones is 1. The molecule has 1 aromatic heterocycles. The molecule has 1 saturated heterocycles. The Morgan fingerprint density at radius 3 is 2.92 bits per heavy atom. The third kappa shape index (κ3) is 2.73. The van der Waals surface area contributed by atoms with Crippen molar-refractivity contribution >= 4 is 29.0 Å². The lowest BCUT2D eigenvalue weighted by Crippen LogP contribution is -2.39. The molecule has 2 aliphatic rings. The van der Waals surface area contributed by atoms with Crippen LogP contribution in [0, 0.1) is 0 Å². The maximum absolute atomic E-state index is 12.5. The maximum atomic E-state index is 12.5. The highest BCUT2D eigenvalue weighted by atomic mass is 16.2. The first-order valence-corrected chi connectivity index (χ1v) is 8.06. The van der Waals surface area contributed by atoms with E-state index in [0.29, 0.717) is 29.8 Å². The summed E-state index contributed by atoms with van der Waals surface area (Å²) in [6, 6.07) is 7.97. The highest BCUT2D eigenvalue weighted by molar-refractivity contribution is 6.06. The fraction of sp³-hybridized carbons (Fsp3) is 0.222. The highest BCUT2D eigenvalue weighted by Crippen LogP contribution is 2.38. The number of nitrogens with zero attached hydrogens (tertiary/aromatic N) is 1. The van der Waals surface area contributed by atoms with E-state index in [0.717, 1.165) is 5.69 Å². The van der Waals surface area contributed by atoms with Crippen LogP contribution in [0.25, 0.3) is 0 Å². The third-order valence-electron chi connectivity index (χ3n) is 4.51. The Hall–Kier alpha value is -3.22. The second kappa shape index (κ2) is 6.01. The number of pyridine rings is 1. The molecule has 7 heteroatoms. The van der Waals surface area contributed by atoms with Gasteiger partial charge in [-0.3, -0.25) is 19.4 Å². The summed E-state index contributed by atoms with van der Waals surface area (Å²) in [5, 5.41) is 8.61. The molecule has 1 aromatic carbocycles. The predicted octanol–water partition coefficient (Wildman–Crippen LogP) is 1.30. The first-order chi connectivity index (χ1) is 12.1. The summed E-state index contributed by atoms with van der Waals surface area (Å²) in [7, 11) is 0. The van der Waals surface area contributed by atoms with Crippen LogP contribution in [0.2, 0.25) is 0 Å². The SMILES string of the molecule is O=C(Nc1cccnc1)c1ccc2c(c1)C1C(=O)CCNC(=O)C1N2. The smallest absolute Gasteiger partial charge is 0.255 e. The lowest BCUT2D eigenvalue weighted by molar-refractivity contribution is -0.124. The molecule has 2 aliphatic heterocycles. The van der Waals surface area contributed by atoms with Crippen molar-refractivity contribution in [2.24, 2.45) is 0 Å². The van der Waals surface area contributed by atoms with Gasteiger partial charge in [0.05, 0.1) is 17.8 Å². The van der Waals surface area contributed by atoms with E-state index in [1.54, 1.807) is 42.7 Å². The summed E-state index contributed by atoms with van der Waals surface area (Å²) in [5.74, 6) is -1.03. The minimum atomic E-state index is -0.610. The van der Waals surface area contributed by atoms with Crippen molar-refractivity contribution in [2.45, 2.75) is 18.4 Å². The number of anilines is 2. The first-order valence-electron chi connectivity index (χ1n) is 8.06. The minimum absolute atomic E-state index is 0.000539. The first kappa shape index (κ1) is 15.3. The fourth-order valence-electron chi connectivity index (χ4n) is 3.31. The molecule has 7 nitrogen and oxygen atoms in total. The molecule has 3 N–H and O–H groups in total. The van der Waals surface area contributed by atoms with Gasteiger partial charge >= 0.3 is 0 Å². The number of nitrogens with one attached hydrogen (secondary N) is 3. The van der Waals surface area contributed by atoms with Crippen LogP contribution in [0.3, 0.4) is 0 Å². The van der Waals surface area contributed by atoms with Gasteiger partial charge in [-0.05, 0) is 35.9 Å². The summed E-state index contributed by atoms with van der Waals surface area (Å²) >= 11 is 0. The minimum Gasteiger partial charge on any atom is -0.373 e. The lowest BCUT2D eigenvalue weighted by Gasteiger charge is -2.14. The quantitative estimate of drug-likeness (QED) is 0.767. The highest BCUT2D eigenvalue weighted by Gasteiger charge is 2.42. The van der Waals surface area contributed by atoms with Crippen molar-refractivity contribution in [2.75, 3.05) is 17.2 Å². The Morgan fingerprint density at radius 2 is 2.12 bits per heavy atom. The van der Waals surface area contributed by atoms with E-state index in [1.807, 2.05) is 0 Å². The molecule has 1 fully saturated rings. The molecule has 0 bridgehead atoms. The van der Waals surface area contributed by atoms with Crippen molar-refractivity contribution in [1.29, 1.82) is 0 Å². The molecule has 2 aromatic rings. The third-order valence-corrected chi connectivity index (χ3v) is 4.51. The molecular formula is C18H16N4O3. The Bertz CT molecular complexity index is 866. The van der Waals surface area contributed by atoms with Gasteiger partial charge in [-0.1, -0.05) is 0 Å². The zero-order chi connectivity index (χ0) is 17.4. The molecule has 126 valence electrons. The summed E-state index contributed by atoms with van der Waals surface area (Å²) in [4.78, 5) is 41.0. The van der Waals surface area contributed by atoms with Crippen molar-refractivity contribution in [3.05, 3.63) is 53.9 Å². The molecule has 0 aliphatic carbocycles. The van der Waals surface area contributed by atoms with Crippen molar-refractivity contribution in [3.63, 3.8) is 0 Å². The Balaban J connectivity index is 1.64. The average molecular weight is 336 g/mol. The summed E-state index contributed by atoms with van der Waals surface area (Å²) in [6.45, 7) is 0.350. The molecule has 0 spiro atoms. The standard InChI is InChI=1S/C18H16N4O3/c23-14-5-7-20-18(25)16-15(14)12-8-10(3-4-13(12)22-16)17(24)21-11-2-1-6-19-9-11/h1-4,6,8-9,15-16,22H,5,7H2,(H,20,25)(H,21,24). The van der Waals surface area contributed by atoms with E-state index < -0.39 is 12.0 Å². The van der Waals surface area contributed by atoms with Crippen molar-refractivity contribution < 1.29 is 14.4 Å². The number of hydrogen-bond donors (Lipinski definition) is 3. The number of carbonyl (C=O) groups excluding carboxylic acids is 3. The van der Waals surface area contributed by atoms with E-state index >= 15 is 0 Å². The van der Waals surface area contributed by atoms with Crippen LogP contribution in [-0.2, 0) is 9.59 Å². The van der Waals surface area contributed by atoms with E-state index in [2.05, 4.69) is 20.9 Å². The van der Waals surface area contributed by atoms with Crippen LogP contribution in [0.1, 0.15) is 28.3 Å².